The van der Waals surface area contributed by atoms with Crippen molar-refractivity contribution in [3.63, 3.8) is 0 Å². The van der Waals surface area contributed by atoms with Crippen LogP contribution in [-0.4, -0.2) is 57.4 Å². The van der Waals surface area contributed by atoms with Gasteiger partial charge in [0.2, 0.25) is 5.82 Å². The predicted molar refractivity (Wildman–Crippen MR) is 112 cm³/mol. The lowest BCUT2D eigenvalue weighted by atomic mass is 9.56. The molecular weight excluding hydrogens is 401 g/mol. The van der Waals surface area contributed by atoms with E-state index < -0.39 is 5.82 Å². The van der Waals surface area contributed by atoms with Crippen molar-refractivity contribution >= 4 is 6.09 Å². The van der Waals surface area contributed by atoms with Crippen LogP contribution in [0.1, 0.15) is 52.4 Å². The van der Waals surface area contributed by atoms with Crippen molar-refractivity contribution in [1.29, 1.82) is 0 Å². The van der Waals surface area contributed by atoms with E-state index in [9.17, 15) is 9.18 Å². The molecule has 0 bridgehead atoms. The number of piperidine rings is 1. The summed E-state index contributed by atoms with van der Waals surface area (Å²) in [6.45, 7) is 5.93. The lowest BCUT2D eigenvalue weighted by Gasteiger charge is -2.52. The van der Waals surface area contributed by atoms with Crippen molar-refractivity contribution in [3.8, 4) is 17.1 Å². The van der Waals surface area contributed by atoms with E-state index in [2.05, 4.69) is 20.6 Å². The predicted octanol–water partition coefficient (Wildman–Crippen LogP) is 4.20. The number of nitrogens with one attached hydrogen (secondary N) is 1. The Morgan fingerprint density at radius 3 is 2.74 bits per heavy atom. The number of carbonyl (C=O) groups is 1. The number of tetrazole rings is 1. The van der Waals surface area contributed by atoms with Crippen LogP contribution in [0.25, 0.3) is 11.4 Å². The van der Waals surface area contributed by atoms with Gasteiger partial charge in [-0.15, -0.1) is 10.2 Å². The van der Waals surface area contributed by atoms with E-state index in [1.807, 2.05) is 18.7 Å². The Bertz CT molecular complexity index is 873. The molecule has 1 aromatic heterocycles. The summed E-state index contributed by atoms with van der Waals surface area (Å²) in [4.78, 5) is 13.9. The quantitative estimate of drug-likeness (QED) is 0.661. The van der Waals surface area contributed by atoms with Crippen LogP contribution < -0.4 is 4.74 Å². The first-order valence-electron chi connectivity index (χ1n) is 11.1. The third kappa shape index (κ3) is 5.14. The molecule has 1 aliphatic carbocycles. The molecule has 2 heterocycles. The monoisotopic (exact) mass is 431 g/mol. The van der Waals surface area contributed by atoms with Gasteiger partial charge in [-0.1, -0.05) is 0 Å². The molecule has 1 aliphatic heterocycles. The van der Waals surface area contributed by atoms with Crippen LogP contribution in [0.5, 0.6) is 5.75 Å². The van der Waals surface area contributed by atoms with Crippen LogP contribution in [0.4, 0.5) is 9.18 Å². The molecular formula is C22H30FN5O3. The van der Waals surface area contributed by atoms with Crippen LogP contribution in [0.3, 0.4) is 0 Å². The highest BCUT2D eigenvalue weighted by molar-refractivity contribution is 5.67. The molecule has 0 unspecified atom stereocenters. The SMILES string of the molecule is CC(C)OC(=O)N1CCC2(CC1)CC(CCCOc1ccc(-c3nn[nH]n3)c(F)c1)C2. The van der Waals surface area contributed by atoms with Crippen LogP contribution in [0.2, 0.25) is 0 Å². The number of amides is 1. The first kappa shape index (κ1) is 21.5. The Hall–Kier alpha value is -2.71. The lowest BCUT2D eigenvalue weighted by Crippen LogP contribution is -2.49. The number of hydrogen-bond acceptors (Lipinski definition) is 6. The molecule has 168 valence electrons. The second kappa shape index (κ2) is 9.20. The van der Waals surface area contributed by atoms with Crippen LogP contribution >= 0.6 is 0 Å². The number of hydrogen-bond donors (Lipinski definition) is 1. The summed E-state index contributed by atoms with van der Waals surface area (Å²) in [6.07, 6.45) is 6.41. The summed E-state index contributed by atoms with van der Waals surface area (Å²) in [5.74, 6) is 1.03. The van der Waals surface area contributed by atoms with E-state index in [1.54, 1.807) is 12.1 Å². The number of rotatable bonds is 7. The molecule has 8 nitrogen and oxygen atoms in total. The summed E-state index contributed by atoms with van der Waals surface area (Å²) >= 11 is 0. The van der Waals surface area contributed by atoms with Gasteiger partial charge >= 0.3 is 6.09 Å². The summed E-state index contributed by atoms with van der Waals surface area (Å²) in [5, 5.41) is 13.4. The zero-order valence-electron chi connectivity index (χ0n) is 18.1. The molecule has 1 amide bonds. The van der Waals surface area contributed by atoms with E-state index in [0.29, 0.717) is 23.3 Å². The van der Waals surface area contributed by atoms with Gasteiger partial charge in [-0.25, -0.2) is 9.18 Å². The van der Waals surface area contributed by atoms with Gasteiger partial charge in [0.15, 0.2) is 0 Å². The van der Waals surface area contributed by atoms with Crippen molar-refractivity contribution in [2.75, 3.05) is 19.7 Å². The Morgan fingerprint density at radius 1 is 1.32 bits per heavy atom. The molecule has 1 N–H and O–H groups in total. The number of nitrogens with zero attached hydrogens (tertiary/aromatic N) is 4. The van der Waals surface area contributed by atoms with E-state index >= 15 is 0 Å². The van der Waals surface area contributed by atoms with Crippen molar-refractivity contribution in [1.82, 2.24) is 25.5 Å². The number of benzene rings is 1. The minimum Gasteiger partial charge on any atom is -0.493 e. The summed E-state index contributed by atoms with van der Waals surface area (Å²) in [5.41, 5.74) is 0.707. The van der Waals surface area contributed by atoms with E-state index in [1.165, 1.54) is 18.9 Å². The highest BCUT2D eigenvalue weighted by Crippen LogP contribution is 2.54. The molecule has 1 spiro atoms. The van der Waals surface area contributed by atoms with Crippen molar-refractivity contribution in [2.45, 2.75) is 58.5 Å². The second-order valence-corrected chi connectivity index (χ2v) is 9.06. The fourth-order valence-corrected chi connectivity index (χ4v) is 4.82. The number of H-pyrrole nitrogens is 1. The van der Waals surface area contributed by atoms with E-state index in [4.69, 9.17) is 9.47 Å². The number of carbonyl (C=O) groups excluding carboxylic acids is 1. The third-order valence-electron chi connectivity index (χ3n) is 6.41. The van der Waals surface area contributed by atoms with Crippen molar-refractivity contribution in [2.24, 2.45) is 11.3 Å². The van der Waals surface area contributed by atoms with Crippen LogP contribution in [0, 0.1) is 17.2 Å². The smallest absolute Gasteiger partial charge is 0.410 e. The first-order chi connectivity index (χ1) is 14.9. The summed E-state index contributed by atoms with van der Waals surface area (Å²) in [6, 6.07) is 4.70. The van der Waals surface area contributed by atoms with Gasteiger partial charge in [-0.3, -0.25) is 0 Å². The Labute approximate surface area is 181 Å². The molecule has 4 rings (SSSR count). The maximum absolute atomic E-state index is 14.2. The van der Waals surface area contributed by atoms with Gasteiger partial charge in [-0.2, -0.15) is 5.21 Å². The fraction of sp³-hybridized carbons (Fsp3) is 0.636. The lowest BCUT2D eigenvalue weighted by molar-refractivity contribution is -0.0203. The highest BCUT2D eigenvalue weighted by Gasteiger charge is 2.46. The fourth-order valence-electron chi connectivity index (χ4n) is 4.82. The maximum Gasteiger partial charge on any atom is 0.410 e. The highest BCUT2D eigenvalue weighted by atomic mass is 19.1. The number of likely N-dealkylation sites (tertiary alicyclic amines) is 1. The van der Waals surface area contributed by atoms with Gasteiger partial charge < -0.3 is 14.4 Å². The first-order valence-corrected chi connectivity index (χ1v) is 11.1. The molecule has 9 heteroatoms. The molecule has 2 fully saturated rings. The molecule has 0 atom stereocenters. The van der Waals surface area contributed by atoms with E-state index in [-0.39, 0.29) is 18.0 Å². The molecule has 1 saturated heterocycles. The average molecular weight is 432 g/mol. The van der Waals surface area contributed by atoms with Gasteiger partial charge in [0, 0.05) is 19.2 Å². The number of ether oxygens (including phenoxy) is 2. The minimum absolute atomic E-state index is 0.0708. The largest absolute Gasteiger partial charge is 0.493 e. The second-order valence-electron chi connectivity index (χ2n) is 9.06. The topological polar surface area (TPSA) is 93.2 Å². The Kier molecular flexibility index (Phi) is 6.38. The molecule has 0 radical (unpaired) electrons. The summed E-state index contributed by atoms with van der Waals surface area (Å²) in [7, 11) is 0. The number of halogens is 1. The zero-order valence-corrected chi connectivity index (χ0v) is 18.1. The zero-order chi connectivity index (χ0) is 21.8. The summed E-state index contributed by atoms with van der Waals surface area (Å²) < 4.78 is 25.3. The maximum atomic E-state index is 14.2. The number of aromatic nitrogens is 4. The van der Waals surface area contributed by atoms with Crippen molar-refractivity contribution < 1.29 is 18.7 Å². The van der Waals surface area contributed by atoms with Crippen LogP contribution in [0.15, 0.2) is 18.2 Å². The minimum atomic E-state index is -0.427. The standard InChI is InChI=1S/C22H30FN5O3/c1-15(2)31-21(29)28-9-7-22(8-10-28)13-16(14-22)4-3-11-30-17-5-6-18(19(23)12-17)20-24-26-27-25-20/h5-6,12,15-16H,3-4,7-11,13-14H2,1-2H3,(H,24,25,26,27). The third-order valence-corrected chi connectivity index (χ3v) is 6.41. The van der Waals surface area contributed by atoms with Gasteiger partial charge in [0.1, 0.15) is 11.6 Å². The Morgan fingerprint density at radius 2 is 2.10 bits per heavy atom. The van der Waals surface area contributed by atoms with Crippen molar-refractivity contribution in [3.05, 3.63) is 24.0 Å². The number of aromatic amines is 1. The van der Waals surface area contributed by atoms with Gasteiger partial charge in [0.05, 0.1) is 18.3 Å². The molecule has 1 saturated carbocycles. The average Bonchev–Trinajstić information content (AvgIpc) is 3.24. The molecule has 2 aromatic rings. The van der Waals surface area contributed by atoms with Gasteiger partial charge in [-0.05, 0) is 81.1 Å². The van der Waals surface area contributed by atoms with Crippen LogP contribution in [-0.2, 0) is 4.74 Å². The Balaban J connectivity index is 1.14. The van der Waals surface area contributed by atoms with E-state index in [0.717, 1.165) is 44.7 Å². The molecule has 31 heavy (non-hydrogen) atoms. The normalized spacial score (nSPS) is 18.3. The molecule has 2 aliphatic rings. The van der Waals surface area contributed by atoms with Gasteiger partial charge in [0.25, 0.3) is 0 Å². The molecule has 1 aromatic carbocycles.